The standard InChI is InChI=1S/C21H21O7P/c1-13-4-7-16(22)10-19(13)26-29(25,27-20-11-17(23)8-5-14(20)2)28-21-12-18(24)9-6-15(21)3/h4-12,22-24H,1-3H3. The summed E-state index contributed by atoms with van der Waals surface area (Å²) in [5.41, 5.74) is 1.78. The molecule has 0 bridgehead atoms. The Bertz CT molecular complexity index is 958. The number of hydrogen-bond donors (Lipinski definition) is 3. The molecule has 0 unspecified atom stereocenters. The summed E-state index contributed by atoms with van der Waals surface area (Å²) in [4.78, 5) is 0. The minimum absolute atomic E-state index is 0.0841. The summed E-state index contributed by atoms with van der Waals surface area (Å²) in [6, 6.07) is 13.0. The first-order chi connectivity index (χ1) is 13.6. The fourth-order valence-electron chi connectivity index (χ4n) is 2.48. The van der Waals surface area contributed by atoms with Crippen LogP contribution in [-0.2, 0) is 4.57 Å². The van der Waals surface area contributed by atoms with E-state index in [-0.39, 0.29) is 34.5 Å². The van der Waals surface area contributed by atoms with E-state index >= 15 is 0 Å². The van der Waals surface area contributed by atoms with Gasteiger partial charge in [0, 0.05) is 18.2 Å². The van der Waals surface area contributed by atoms with Crippen molar-refractivity contribution in [3.63, 3.8) is 0 Å². The van der Waals surface area contributed by atoms with Crippen LogP contribution >= 0.6 is 7.82 Å². The molecule has 0 amide bonds. The van der Waals surface area contributed by atoms with E-state index in [4.69, 9.17) is 13.6 Å². The number of phosphoric acid groups is 1. The Balaban J connectivity index is 2.04. The first kappa shape index (κ1) is 20.4. The predicted octanol–water partition coefficient (Wildman–Crippen LogP) is 5.37. The number of benzene rings is 3. The molecule has 0 aliphatic carbocycles. The van der Waals surface area contributed by atoms with Crippen molar-refractivity contribution in [3.8, 4) is 34.5 Å². The third-order valence-corrected chi connectivity index (χ3v) is 5.41. The second-order valence-electron chi connectivity index (χ2n) is 6.57. The molecule has 0 atom stereocenters. The van der Waals surface area contributed by atoms with Crippen molar-refractivity contribution in [2.75, 3.05) is 0 Å². The third kappa shape index (κ3) is 4.95. The highest BCUT2D eigenvalue weighted by Crippen LogP contribution is 2.52. The van der Waals surface area contributed by atoms with Crippen LogP contribution in [0, 0.1) is 20.8 Å². The number of phosphoric ester groups is 1. The molecular weight excluding hydrogens is 395 g/mol. The molecule has 29 heavy (non-hydrogen) atoms. The molecule has 3 N–H and O–H groups in total. The van der Waals surface area contributed by atoms with E-state index < -0.39 is 7.82 Å². The predicted molar refractivity (Wildman–Crippen MR) is 108 cm³/mol. The number of phenols is 3. The number of aryl methyl sites for hydroxylation is 3. The lowest BCUT2D eigenvalue weighted by Crippen LogP contribution is -2.09. The monoisotopic (exact) mass is 416 g/mol. The summed E-state index contributed by atoms with van der Waals surface area (Å²) in [5, 5.41) is 29.3. The van der Waals surface area contributed by atoms with Crippen molar-refractivity contribution < 1.29 is 33.5 Å². The van der Waals surface area contributed by atoms with Gasteiger partial charge in [0.15, 0.2) is 0 Å². The molecule has 3 aromatic rings. The number of aromatic hydroxyl groups is 3. The Hall–Kier alpha value is -3.31. The second-order valence-corrected chi connectivity index (χ2v) is 8.01. The van der Waals surface area contributed by atoms with Gasteiger partial charge >= 0.3 is 7.82 Å². The summed E-state index contributed by atoms with van der Waals surface area (Å²) in [6.45, 7) is 5.12. The van der Waals surface area contributed by atoms with Crippen LogP contribution in [0.25, 0.3) is 0 Å². The van der Waals surface area contributed by atoms with Crippen LogP contribution in [0.2, 0.25) is 0 Å². The maximum Gasteiger partial charge on any atom is 0.647 e. The lowest BCUT2D eigenvalue weighted by atomic mass is 10.2. The Morgan fingerprint density at radius 2 is 0.862 bits per heavy atom. The van der Waals surface area contributed by atoms with Gasteiger partial charge in [-0.2, -0.15) is 4.57 Å². The van der Waals surface area contributed by atoms with E-state index in [0.717, 1.165) is 0 Å². The summed E-state index contributed by atoms with van der Waals surface area (Å²) in [7, 11) is -4.36. The molecule has 0 aromatic heterocycles. The highest BCUT2D eigenvalue weighted by atomic mass is 31.2. The third-order valence-electron chi connectivity index (χ3n) is 4.15. The Morgan fingerprint density at radius 1 is 0.586 bits per heavy atom. The highest BCUT2D eigenvalue weighted by Gasteiger charge is 2.35. The summed E-state index contributed by atoms with van der Waals surface area (Å²) < 4.78 is 30.4. The van der Waals surface area contributed by atoms with Crippen molar-refractivity contribution in [2.24, 2.45) is 0 Å². The van der Waals surface area contributed by atoms with E-state index in [2.05, 4.69) is 0 Å². The molecule has 0 spiro atoms. The van der Waals surface area contributed by atoms with Crippen LogP contribution in [0.5, 0.6) is 34.5 Å². The molecule has 0 radical (unpaired) electrons. The molecule has 3 rings (SSSR count). The lowest BCUT2D eigenvalue weighted by Gasteiger charge is -2.22. The number of rotatable bonds is 6. The lowest BCUT2D eigenvalue weighted by molar-refractivity contribution is 0.295. The smallest absolute Gasteiger partial charge is 0.508 e. The normalized spacial score (nSPS) is 11.1. The van der Waals surface area contributed by atoms with E-state index in [1.807, 2.05) is 0 Å². The number of phenolic OH excluding ortho intramolecular Hbond substituents is 3. The van der Waals surface area contributed by atoms with Crippen molar-refractivity contribution in [2.45, 2.75) is 20.8 Å². The van der Waals surface area contributed by atoms with Gasteiger partial charge in [-0.25, -0.2) is 0 Å². The van der Waals surface area contributed by atoms with Crippen LogP contribution in [0.1, 0.15) is 16.7 Å². The topological polar surface area (TPSA) is 105 Å². The Labute approximate surface area is 168 Å². The van der Waals surface area contributed by atoms with E-state index in [9.17, 15) is 19.9 Å². The Morgan fingerprint density at radius 3 is 1.14 bits per heavy atom. The van der Waals surface area contributed by atoms with Crippen LogP contribution < -0.4 is 13.6 Å². The van der Waals surface area contributed by atoms with Gasteiger partial charge in [-0.1, -0.05) is 18.2 Å². The molecule has 0 saturated heterocycles. The van der Waals surface area contributed by atoms with E-state index in [1.165, 1.54) is 36.4 Å². The molecule has 0 fully saturated rings. The average molecular weight is 416 g/mol. The van der Waals surface area contributed by atoms with Gasteiger partial charge < -0.3 is 28.9 Å². The van der Waals surface area contributed by atoms with Gasteiger partial charge in [-0.05, 0) is 55.7 Å². The summed E-state index contributed by atoms with van der Waals surface area (Å²) >= 11 is 0. The average Bonchev–Trinajstić information content (AvgIpc) is 2.64. The molecule has 152 valence electrons. The molecule has 7 nitrogen and oxygen atoms in total. The minimum atomic E-state index is -4.36. The van der Waals surface area contributed by atoms with Gasteiger partial charge in [0.2, 0.25) is 0 Å². The van der Waals surface area contributed by atoms with Crippen LogP contribution in [0.3, 0.4) is 0 Å². The maximum absolute atomic E-state index is 13.6. The van der Waals surface area contributed by atoms with E-state index in [1.54, 1.807) is 39.0 Å². The van der Waals surface area contributed by atoms with Gasteiger partial charge in [0.1, 0.15) is 34.5 Å². The molecule has 8 heteroatoms. The SMILES string of the molecule is Cc1ccc(O)cc1OP(=O)(Oc1cc(O)ccc1C)Oc1cc(O)ccc1C. The zero-order chi connectivity index (χ0) is 21.2. The molecule has 0 heterocycles. The fourth-order valence-corrected chi connectivity index (χ4v) is 3.90. The van der Waals surface area contributed by atoms with Crippen LogP contribution in [-0.4, -0.2) is 15.3 Å². The Kier molecular flexibility index (Phi) is 5.62. The van der Waals surface area contributed by atoms with E-state index in [0.29, 0.717) is 16.7 Å². The molecule has 0 aliphatic rings. The van der Waals surface area contributed by atoms with Gasteiger partial charge in [0.25, 0.3) is 0 Å². The molecule has 0 aliphatic heterocycles. The van der Waals surface area contributed by atoms with Crippen molar-refractivity contribution >= 4 is 7.82 Å². The molecule has 0 saturated carbocycles. The number of hydrogen-bond acceptors (Lipinski definition) is 7. The largest absolute Gasteiger partial charge is 0.647 e. The zero-order valence-electron chi connectivity index (χ0n) is 16.1. The van der Waals surface area contributed by atoms with Gasteiger partial charge in [0.05, 0.1) is 0 Å². The highest BCUT2D eigenvalue weighted by molar-refractivity contribution is 7.49. The molecule has 3 aromatic carbocycles. The van der Waals surface area contributed by atoms with Gasteiger partial charge in [-0.3, -0.25) is 0 Å². The van der Waals surface area contributed by atoms with Gasteiger partial charge in [-0.15, -0.1) is 0 Å². The van der Waals surface area contributed by atoms with Crippen molar-refractivity contribution in [1.29, 1.82) is 0 Å². The zero-order valence-corrected chi connectivity index (χ0v) is 17.0. The van der Waals surface area contributed by atoms with Crippen molar-refractivity contribution in [1.82, 2.24) is 0 Å². The van der Waals surface area contributed by atoms with Crippen LogP contribution in [0.4, 0.5) is 0 Å². The summed E-state index contributed by atoms with van der Waals surface area (Å²) in [5.74, 6) is 0.0505. The first-order valence-corrected chi connectivity index (χ1v) is 10.2. The first-order valence-electron chi connectivity index (χ1n) is 8.73. The second kappa shape index (κ2) is 7.97. The minimum Gasteiger partial charge on any atom is -0.508 e. The quantitative estimate of drug-likeness (QED) is 0.464. The summed E-state index contributed by atoms with van der Waals surface area (Å²) in [6.07, 6.45) is 0. The maximum atomic E-state index is 13.6. The van der Waals surface area contributed by atoms with Crippen LogP contribution in [0.15, 0.2) is 54.6 Å². The molecular formula is C21H21O7P. The van der Waals surface area contributed by atoms with Crippen molar-refractivity contribution in [3.05, 3.63) is 71.3 Å². The fraction of sp³-hybridized carbons (Fsp3) is 0.143.